The second-order valence-corrected chi connectivity index (χ2v) is 9.01. The minimum absolute atomic E-state index is 0.0468. The van der Waals surface area contributed by atoms with E-state index in [2.05, 4.69) is 5.32 Å². The molecule has 0 saturated heterocycles. The van der Waals surface area contributed by atoms with Gasteiger partial charge in [0.2, 0.25) is 0 Å². The first-order chi connectivity index (χ1) is 16.7. The predicted molar refractivity (Wildman–Crippen MR) is 135 cm³/mol. The van der Waals surface area contributed by atoms with Crippen LogP contribution in [0.1, 0.15) is 48.4 Å². The van der Waals surface area contributed by atoms with Gasteiger partial charge in [-0.3, -0.25) is 4.79 Å². The van der Waals surface area contributed by atoms with Crippen LogP contribution in [0.5, 0.6) is 5.75 Å². The molecule has 2 unspecified atom stereocenters. The van der Waals surface area contributed by atoms with Crippen molar-refractivity contribution in [2.75, 3.05) is 6.61 Å². The van der Waals surface area contributed by atoms with Gasteiger partial charge in [0, 0.05) is 21.2 Å². The summed E-state index contributed by atoms with van der Waals surface area (Å²) in [5.41, 5.74) is 1.41. The van der Waals surface area contributed by atoms with Crippen molar-refractivity contribution in [2.45, 2.75) is 32.9 Å². The van der Waals surface area contributed by atoms with Crippen LogP contribution in [0, 0.1) is 11.7 Å². The molecule has 35 heavy (non-hydrogen) atoms. The predicted octanol–water partition coefficient (Wildman–Crippen LogP) is 6.62. The van der Waals surface area contributed by atoms with Crippen molar-refractivity contribution < 1.29 is 23.5 Å². The van der Waals surface area contributed by atoms with E-state index in [-0.39, 0.29) is 23.8 Å². The number of esters is 1. The molecule has 0 saturated carbocycles. The first-order valence-corrected chi connectivity index (χ1v) is 11.9. The van der Waals surface area contributed by atoms with E-state index in [0.717, 1.165) is 11.6 Å². The number of ether oxygens (including phenoxy) is 2. The van der Waals surface area contributed by atoms with Gasteiger partial charge in [0.1, 0.15) is 6.04 Å². The van der Waals surface area contributed by atoms with Crippen molar-refractivity contribution in [1.29, 1.82) is 0 Å². The number of benzene rings is 3. The highest BCUT2D eigenvalue weighted by molar-refractivity contribution is 6.31. The van der Waals surface area contributed by atoms with Crippen LogP contribution in [0.3, 0.4) is 0 Å². The third kappa shape index (κ3) is 6.74. The molecule has 0 bridgehead atoms. The van der Waals surface area contributed by atoms with Gasteiger partial charge in [-0.2, -0.15) is 0 Å². The normalized spacial score (nSPS) is 12.7. The lowest BCUT2D eigenvalue weighted by Gasteiger charge is -2.22. The Morgan fingerprint density at radius 2 is 1.69 bits per heavy atom. The number of hydrogen-bond donors (Lipinski definition) is 1. The Morgan fingerprint density at radius 3 is 2.29 bits per heavy atom. The lowest BCUT2D eigenvalue weighted by atomic mass is 10.0. The summed E-state index contributed by atoms with van der Waals surface area (Å²) in [6, 6.07) is 17.1. The van der Waals surface area contributed by atoms with Crippen molar-refractivity contribution in [1.82, 2.24) is 5.32 Å². The summed E-state index contributed by atoms with van der Waals surface area (Å²) in [6.07, 6.45) is -0.718. The largest absolute Gasteiger partial charge is 0.478 e. The van der Waals surface area contributed by atoms with Crippen molar-refractivity contribution in [3.63, 3.8) is 0 Å². The van der Waals surface area contributed by atoms with Crippen LogP contribution >= 0.6 is 23.2 Å². The van der Waals surface area contributed by atoms with Gasteiger partial charge in [-0.1, -0.05) is 67.4 Å². The van der Waals surface area contributed by atoms with Gasteiger partial charge in [0.15, 0.2) is 17.7 Å². The van der Waals surface area contributed by atoms with Crippen molar-refractivity contribution >= 4 is 35.1 Å². The Bertz CT molecular complexity index is 1180. The van der Waals surface area contributed by atoms with Crippen LogP contribution in [0.2, 0.25) is 10.0 Å². The van der Waals surface area contributed by atoms with Gasteiger partial charge in [-0.05, 0) is 54.8 Å². The SMILES string of the molecule is CCOC(=O)C(NC(=O)c1ccc(OC(c2ccc(Cl)cc2)c2ccccc2Cl)c(F)c1)C(C)C. The highest BCUT2D eigenvalue weighted by Gasteiger charge is 2.27. The summed E-state index contributed by atoms with van der Waals surface area (Å²) < 4.78 is 26.2. The Balaban J connectivity index is 1.87. The summed E-state index contributed by atoms with van der Waals surface area (Å²) in [4.78, 5) is 24.9. The summed E-state index contributed by atoms with van der Waals surface area (Å²) >= 11 is 12.4. The number of carbonyl (C=O) groups is 2. The topological polar surface area (TPSA) is 64.6 Å². The zero-order chi connectivity index (χ0) is 25.5. The highest BCUT2D eigenvalue weighted by Crippen LogP contribution is 2.34. The lowest BCUT2D eigenvalue weighted by Crippen LogP contribution is -2.45. The van der Waals surface area contributed by atoms with Crippen LogP contribution in [0.4, 0.5) is 4.39 Å². The van der Waals surface area contributed by atoms with Crippen LogP contribution in [-0.2, 0) is 9.53 Å². The first-order valence-electron chi connectivity index (χ1n) is 11.1. The molecule has 0 aromatic heterocycles. The third-order valence-corrected chi connectivity index (χ3v) is 5.89. The average molecular weight is 518 g/mol. The van der Waals surface area contributed by atoms with Crippen LogP contribution in [0.15, 0.2) is 66.7 Å². The van der Waals surface area contributed by atoms with Gasteiger partial charge >= 0.3 is 5.97 Å². The Labute approximate surface area is 214 Å². The maximum atomic E-state index is 15.1. The zero-order valence-corrected chi connectivity index (χ0v) is 21.1. The van der Waals surface area contributed by atoms with E-state index < -0.39 is 29.8 Å². The molecular formula is C27H26Cl2FNO4. The van der Waals surface area contributed by atoms with E-state index in [0.29, 0.717) is 15.6 Å². The fourth-order valence-corrected chi connectivity index (χ4v) is 3.82. The fourth-order valence-electron chi connectivity index (χ4n) is 3.46. The smallest absolute Gasteiger partial charge is 0.328 e. The monoisotopic (exact) mass is 517 g/mol. The van der Waals surface area contributed by atoms with Gasteiger partial charge in [-0.25, -0.2) is 9.18 Å². The molecule has 5 nitrogen and oxygen atoms in total. The van der Waals surface area contributed by atoms with E-state index in [1.54, 1.807) is 63.2 Å². The minimum Gasteiger partial charge on any atom is -0.478 e. The van der Waals surface area contributed by atoms with Crippen molar-refractivity contribution in [3.05, 3.63) is 99.3 Å². The third-order valence-electron chi connectivity index (χ3n) is 5.29. The molecule has 3 aromatic carbocycles. The fraction of sp³-hybridized carbons (Fsp3) is 0.259. The van der Waals surface area contributed by atoms with E-state index >= 15 is 4.39 Å². The summed E-state index contributed by atoms with van der Waals surface area (Å²) in [6.45, 7) is 5.44. The van der Waals surface area contributed by atoms with Crippen molar-refractivity contribution in [2.24, 2.45) is 5.92 Å². The Kier molecular flexibility index (Phi) is 9.13. The molecule has 0 aliphatic heterocycles. The number of amides is 1. The second kappa shape index (κ2) is 12.0. The lowest BCUT2D eigenvalue weighted by molar-refractivity contribution is -0.146. The second-order valence-electron chi connectivity index (χ2n) is 8.16. The Hall–Kier alpha value is -3.09. The molecule has 8 heteroatoms. The molecule has 0 fully saturated rings. The van der Waals surface area contributed by atoms with E-state index in [1.165, 1.54) is 12.1 Å². The minimum atomic E-state index is -0.851. The summed E-state index contributed by atoms with van der Waals surface area (Å²) in [5, 5.41) is 3.63. The standard InChI is InChI=1S/C27H26Cl2FNO4/c1-4-34-27(33)24(16(2)3)31-26(32)18-11-14-23(22(30)15-18)35-25(17-9-12-19(28)13-10-17)20-7-5-6-8-21(20)29/h5-16,24-25H,4H2,1-3H3,(H,31,32). The molecule has 184 valence electrons. The molecule has 3 aromatic rings. The molecular weight excluding hydrogens is 492 g/mol. The molecule has 0 aliphatic rings. The molecule has 1 N–H and O–H groups in total. The number of carbonyl (C=O) groups excluding carboxylic acids is 2. The molecule has 1 amide bonds. The van der Waals surface area contributed by atoms with Gasteiger partial charge in [0.05, 0.1) is 6.61 Å². The highest BCUT2D eigenvalue weighted by atomic mass is 35.5. The number of nitrogens with one attached hydrogen (secondary N) is 1. The summed E-state index contributed by atoms with van der Waals surface area (Å²) in [5.74, 6) is -2.14. The van der Waals surface area contributed by atoms with Crippen molar-refractivity contribution in [3.8, 4) is 5.75 Å². The first kappa shape index (κ1) is 26.5. The maximum Gasteiger partial charge on any atom is 0.328 e. The number of hydrogen-bond acceptors (Lipinski definition) is 4. The van der Waals surface area contributed by atoms with Gasteiger partial charge in [-0.15, -0.1) is 0 Å². The number of rotatable bonds is 9. The zero-order valence-electron chi connectivity index (χ0n) is 19.6. The van der Waals surface area contributed by atoms with E-state index in [1.807, 2.05) is 6.07 Å². The Morgan fingerprint density at radius 1 is 1.00 bits per heavy atom. The molecule has 3 rings (SSSR count). The van der Waals surface area contributed by atoms with Gasteiger partial charge in [0.25, 0.3) is 5.91 Å². The number of halogens is 3. The van der Waals surface area contributed by atoms with E-state index in [9.17, 15) is 9.59 Å². The van der Waals surface area contributed by atoms with Crippen LogP contribution in [0.25, 0.3) is 0 Å². The molecule has 0 aliphatic carbocycles. The van der Waals surface area contributed by atoms with Crippen LogP contribution in [-0.4, -0.2) is 24.5 Å². The summed E-state index contributed by atoms with van der Waals surface area (Å²) in [7, 11) is 0. The van der Waals surface area contributed by atoms with Gasteiger partial charge < -0.3 is 14.8 Å². The van der Waals surface area contributed by atoms with E-state index in [4.69, 9.17) is 32.7 Å². The molecule has 0 spiro atoms. The molecule has 2 atom stereocenters. The molecule has 0 heterocycles. The maximum absolute atomic E-state index is 15.1. The quantitative estimate of drug-likeness (QED) is 0.324. The van der Waals surface area contributed by atoms with Crippen LogP contribution < -0.4 is 10.1 Å². The average Bonchev–Trinajstić information content (AvgIpc) is 2.83. The molecule has 0 radical (unpaired) electrons.